The molecule has 4 N–H and O–H groups in total. The number of anilines is 2. The van der Waals surface area contributed by atoms with E-state index in [-0.39, 0.29) is 11.5 Å². The first-order valence-corrected chi connectivity index (χ1v) is 11.9. The van der Waals surface area contributed by atoms with E-state index in [1.54, 1.807) is 12.4 Å². The number of benzene rings is 2. The molecule has 2 aromatic heterocycles. The molecule has 1 unspecified atom stereocenters. The number of hydrogen-bond acceptors (Lipinski definition) is 5. The van der Waals surface area contributed by atoms with Crippen molar-refractivity contribution in [3.05, 3.63) is 76.0 Å². The maximum absolute atomic E-state index is 6.76. The van der Waals surface area contributed by atoms with Gasteiger partial charge in [0.2, 0.25) is 0 Å². The fourth-order valence-corrected chi connectivity index (χ4v) is 6.06. The Hall–Kier alpha value is -2.80. The van der Waals surface area contributed by atoms with Crippen LogP contribution in [0.15, 0.2) is 54.9 Å². The standard InChI is InChI=1S/C25H24Cl2N6/c26-18-7-3-6-17(22(18)27)21-19(28)12-20(33-24(21)30-14-31-33)32-10-8-25(9-11-32)13-15-4-1-2-5-16(15)23(25)29/h1-7,12,14,23H,8-11,13,28-29H2. The third kappa shape index (κ3) is 3.12. The average molecular weight is 479 g/mol. The maximum Gasteiger partial charge on any atom is 0.167 e. The van der Waals surface area contributed by atoms with Crippen LogP contribution in [0, 0.1) is 5.41 Å². The van der Waals surface area contributed by atoms with Gasteiger partial charge in [0, 0.05) is 36.4 Å². The molecule has 0 saturated carbocycles. The Balaban J connectivity index is 1.34. The van der Waals surface area contributed by atoms with Crippen molar-refractivity contribution in [2.45, 2.75) is 25.3 Å². The summed E-state index contributed by atoms with van der Waals surface area (Å²) in [6, 6.07) is 16.2. The lowest BCUT2D eigenvalue weighted by Gasteiger charge is -2.43. The Labute approximate surface area is 202 Å². The van der Waals surface area contributed by atoms with E-state index >= 15 is 0 Å². The quantitative estimate of drug-likeness (QED) is 0.417. The Kier molecular flexibility index (Phi) is 4.80. The zero-order valence-corrected chi connectivity index (χ0v) is 19.5. The molecule has 6 nitrogen and oxygen atoms in total. The number of halogens is 2. The summed E-state index contributed by atoms with van der Waals surface area (Å²) in [6.07, 6.45) is 4.63. The summed E-state index contributed by atoms with van der Waals surface area (Å²) in [7, 11) is 0. The van der Waals surface area contributed by atoms with E-state index < -0.39 is 0 Å². The summed E-state index contributed by atoms with van der Waals surface area (Å²) in [6.45, 7) is 1.76. The van der Waals surface area contributed by atoms with Crippen LogP contribution in [0.5, 0.6) is 0 Å². The number of pyridine rings is 1. The van der Waals surface area contributed by atoms with Crippen LogP contribution in [-0.4, -0.2) is 27.7 Å². The van der Waals surface area contributed by atoms with Crippen molar-refractivity contribution in [1.82, 2.24) is 14.6 Å². The molecule has 1 aliphatic carbocycles. The van der Waals surface area contributed by atoms with Crippen molar-refractivity contribution in [1.29, 1.82) is 0 Å². The molecule has 1 aliphatic heterocycles. The Morgan fingerprint density at radius 1 is 1.03 bits per heavy atom. The number of aromatic nitrogens is 3. The van der Waals surface area contributed by atoms with Gasteiger partial charge in [-0.3, -0.25) is 0 Å². The second-order valence-electron chi connectivity index (χ2n) is 9.13. The van der Waals surface area contributed by atoms with Crippen molar-refractivity contribution in [3.63, 3.8) is 0 Å². The highest BCUT2D eigenvalue weighted by atomic mass is 35.5. The molecule has 0 amide bonds. The van der Waals surface area contributed by atoms with Crippen molar-refractivity contribution < 1.29 is 0 Å². The smallest absolute Gasteiger partial charge is 0.167 e. The topological polar surface area (TPSA) is 85.5 Å². The van der Waals surface area contributed by atoms with E-state index in [2.05, 4.69) is 39.2 Å². The van der Waals surface area contributed by atoms with Crippen LogP contribution < -0.4 is 16.4 Å². The van der Waals surface area contributed by atoms with E-state index in [1.165, 1.54) is 11.1 Å². The predicted octanol–water partition coefficient (Wildman–Crippen LogP) is 5.13. The number of nitrogens with two attached hydrogens (primary N) is 2. The molecule has 1 atom stereocenters. The molecule has 1 spiro atoms. The van der Waals surface area contributed by atoms with E-state index in [1.807, 2.05) is 22.7 Å². The van der Waals surface area contributed by atoms with Gasteiger partial charge in [-0.15, -0.1) is 0 Å². The van der Waals surface area contributed by atoms with Gasteiger partial charge in [-0.05, 0) is 41.9 Å². The van der Waals surface area contributed by atoms with Gasteiger partial charge in [-0.25, -0.2) is 4.98 Å². The summed E-state index contributed by atoms with van der Waals surface area (Å²) in [5.41, 5.74) is 18.9. The minimum absolute atomic E-state index is 0.0830. The number of rotatable bonds is 2. The van der Waals surface area contributed by atoms with Crippen molar-refractivity contribution in [2.24, 2.45) is 11.1 Å². The van der Waals surface area contributed by atoms with Gasteiger partial charge in [-0.2, -0.15) is 9.61 Å². The number of fused-ring (bicyclic) bond motifs is 2. The van der Waals surface area contributed by atoms with Crippen LogP contribution in [0.3, 0.4) is 0 Å². The van der Waals surface area contributed by atoms with Gasteiger partial charge in [0.05, 0.1) is 15.6 Å². The fourth-order valence-electron chi connectivity index (χ4n) is 5.67. The van der Waals surface area contributed by atoms with Crippen LogP contribution in [0.25, 0.3) is 16.8 Å². The average Bonchev–Trinajstić information content (AvgIpc) is 3.40. The first-order valence-electron chi connectivity index (χ1n) is 11.1. The Morgan fingerprint density at radius 3 is 2.61 bits per heavy atom. The molecule has 3 heterocycles. The van der Waals surface area contributed by atoms with Crippen LogP contribution in [0.2, 0.25) is 10.0 Å². The summed E-state index contributed by atoms with van der Waals surface area (Å²) in [4.78, 5) is 6.85. The first kappa shape index (κ1) is 20.8. The zero-order chi connectivity index (χ0) is 22.7. The third-order valence-electron chi connectivity index (χ3n) is 7.46. The molecular formula is C25H24Cl2N6. The van der Waals surface area contributed by atoms with Gasteiger partial charge >= 0.3 is 0 Å². The lowest BCUT2D eigenvalue weighted by Crippen LogP contribution is -2.45. The highest BCUT2D eigenvalue weighted by Gasteiger charge is 2.46. The highest BCUT2D eigenvalue weighted by molar-refractivity contribution is 6.44. The van der Waals surface area contributed by atoms with Crippen LogP contribution >= 0.6 is 23.2 Å². The molecule has 33 heavy (non-hydrogen) atoms. The molecule has 1 saturated heterocycles. The Morgan fingerprint density at radius 2 is 1.82 bits per heavy atom. The molecular weight excluding hydrogens is 455 g/mol. The van der Waals surface area contributed by atoms with Gasteiger partial charge in [-0.1, -0.05) is 59.6 Å². The second-order valence-corrected chi connectivity index (χ2v) is 9.92. The van der Waals surface area contributed by atoms with Crippen molar-refractivity contribution in [3.8, 4) is 11.1 Å². The predicted molar refractivity (Wildman–Crippen MR) is 134 cm³/mol. The molecule has 0 bridgehead atoms. The number of nitrogen functional groups attached to an aromatic ring is 1. The molecule has 4 aromatic rings. The lowest BCUT2D eigenvalue weighted by molar-refractivity contribution is 0.187. The van der Waals surface area contributed by atoms with E-state index in [0.29, 0.717) is 21.4 Å². The van der Waals surface area contributed by atoms with Crippen LogP contribution in [0.4, 0.5) is 11.5 Å². The Bertz CT molecular complexity index is 1370. The lowest BCUT2D eigenvalue weighted by atomic mass is 9.73. The largest absolute Gasteiger partial charge is 0.398 e. The van der Waals surface area contributed by atoms with Crippen LogP contribution in [0.1, 0.15) is 30.0 Å². The molecule has 1 fully saturated rings. The number of hydrogen-bond donors (Lipinski definition) is 2. The van der Waals surface area contributed by atoms with Crippen molar-refractivity contribution in [2.75, 3.05) is 23.7 Å². The van der Waals surface area contributed by atoms with Crippen molar-refractivity contribution >= 4 is 40.4 Å². The van der Waals surface area contributed by atoms with Gasteiger partial charge in [0.15, 0.2) is 5.65 Å². The number of piperidine rings is 1. The normalized spacial score (nSPS) is 19.4. The van der Waals surface area contributed by atoms with Crippen LogP contribution in [-0.2, 0) is 6.42 Å². The summed E-state index contributed by atoms with van der Waals surface area (Å²) in [5.74, 6) is 0.931. The van der Waals surface area contributed by atoms with E-state index in [0.717, 1.165) is 49.3 Å². The molecule has 2 aromatic carbocycles. The third-order valence-corrected chi connectivity index (χ3v) is 8.28. The van der Waals surface area contributed by atoms with Gasteiger partial charge in [0.25, 0.3) is 0 Å². The molecule has 168 valence electrons. The zero-order valence-electron chi connectivity index (χ0n) is 18.0. The molecule has 6 rings (SSSR count). The monoisotopic (exact) mass is 478 g/mol. The minimum Gasteiger partial charge on any atom is -0.398 e. The van der Waals surface area contributed by atoms with E-state index in [4.69, 9.17) is 34.7 Å². The molecule has 2 aliphatic rings. The molecule has 0 radical (unpaired) electrons. The first-order chi connectivity index (χ1) is 16.0. The minimum atomic E-state index is 0.0830. The second kappa shape index (κ2) is 7.62. The number of nitrogens with zero attached hydrogens (tertiary/aromatic N) is 4. The SMILES string of the molecule is Nc1cc(N2CCC3(CC2)Cc2ccccc2C3N)n2ncnc2c1-c1cccc(Cl)c1Cl. The van der Waals surface area contributed by atoms with Gasteiger partial charge < -0.3 is 16.4 Å². The van der Waals surface area contributed by atoms with E-state index in [9.17, 15) is 0 Å². The van der Waals surface area contributed by atoms with Gasteiger partial charge in [0.1, 0.15) is 12.1 Å². The maximum atomic E-state index is 6.76. The highest BCUT2D eigenvalue weighted by Crippen LogP contribution is 2.51. The molecule has 8 heteroatoms. The fraction of sp³-hybridized carbons (Fsp3) is 0.280. The summed E-state index contributed by atoms with van der Waals surface area (Å²) in [5, 5.41) is 5.45. The summed E-state index contributed by atoms with van der Waals surface area (Å²) >= 11 is 12.8. The summed E-state index contributed by atoms with van der Waals surface area (Å²) < 4.78 is 1.85.